The van der Waals surface area contributed by atoms with E-state index in [0.717, 1.165) is 16.5 Å². The quantitative estimate of drug-likeness (QED) is 0.358. The summed E-state index contributed by atoms with van der Waals surface area (Å²) in [6, 6.07) is 14.3. The van der Waals surface area contributed by atoms with Crippen LogP contribution in [0.25, 0.3) is 10.1 Å². The lowest BCUT2D eigenvalue weighted by molar-refractivity contribution is 0.0946. The van der Waals surface area contributed by atoms with E-state index >= 15 is 0 Å². The molecular weight excluding hydrogens is 442 g/mol. The summed E-state index contributed by atoms with van der Waals surface area (Å²) >= 11 is 12.9. The molecule has 0 aliphatic carbocycles. The van der Waals surface area contributed by atoms with Gasteiger partial charge in [0.05, 0.1) is 5.02 Å². The van der Waals surface area contributed by atoms with Crippen LogP contribution in [0.5, 0.6) is 0 Å². The fourth-order valence-corrected chi connectivity index (χ4v) is 4.33. The Morgan fingerprint density at radius 2 is 1.83 bits per heavy atom. The van der Waals surface area contributed by atoms with Gasteiger partial charge in [0.25, 0.3) is 11.8 Å². The number of carbonyl (C=O) groups excluding carboxylic acids is 2. The number of hydrogen-bond acceptors (Lipinski definition) is 5. The molecule has 9 heteroatoms. The van der Waals surface area contributed by atoms with Crippen molar-refractivity contribution in [3.05, 3.63) is 64.0 Å². The summed E-state index contributed by atoms with van der Waals surface area (Å²) in [4.78, 5) is 25.0. The summed E-state index contributed by atoms with van der Waals surface area (Å²) in [5, 5.41) is 9.79. The predicted octanol–water partition coefficient (Wildman–Crippen LogP) is 4.45. The van der Waals surface area contributed by atoms with Gasteiger partial charge in [-0.05, 0) is 49.0 Å². The lowest BCUT2D eigenvalue weighted by atomic mass is 10.2. The van der Waals surface area contributed by atoms with Crippen LogP contribution >= 0.6 is 35.2 Å². The number of fused-ring (bicyclic) bond motifs is 1. The van der Waals surface area contributed by atoms with Gasteiger partial charge in [-0.2, -0.15) is 0 Å². The average molecular weight is 462 g/mol. The highest BCUT2D eigenvalue weighted by atomic mass is 35.5. The molecule has 2 aromatic carbocycles. The van der Waals surface area contributed by atoms with Crippen LogP contribution in [0.1, 0.15) is 26.5 Å². The zero-order valence-corrected chi connectivity index (χ0v) is 18.5. The molecule has 0 unspecified atom stereocenters. The van der Waals surface area contributed by atoms with Crippen molar-refractivity contribution in [2.45, 2.75) is 6.42 Å². The predicted molar refractivity (Wildman–Crippen MR) is 126 cm³/mol. The van der Waals surface area contributed by atoms with Gasteiger partial charge in [-0.3, -0.25) is 14.9 Å². The van der Waals surface area contributed by atoms with Crippen LogP contribution in [0.2, 0.25) is 5.02 Å². The monoisotopic (exact) mass is 461 g/mol. The zero-order valence-electron chi connectivity index (χ0n) is 16.2. The third-order valence-corrected chi connectivity index (χ3v) is 6.06. The van der Waals surface area contributed by atoms with Gasteiger partial charge < -0.3 is 15.4 Å². The maximum atomic E-state index is 12.6. The lowest BCUT2D eigenvalue weighted by Gasteiger charge is -2.10. The van der Waals surface area contributed by atoms with Crippen molar-refractivity contribution >= 4 is 67.9 Å². The van der Waals surface area contributed by atoms with E-state index in [0.29, 0.717) is 34.3 Å². The minimum absolute atomic E-state index is 0.144. The molecule has 0 saturated carbocycles. The van der Waals surface area contributed by atoms with Crippen molar-refractivity contribution in [1.29, 1.82) is 0 Å². The summed E-state index contributed by atoms with van der Waals surface area (Å²) in [6.45, 7) is 1.14. The highest BCUT2D eigenvalue weighted by molar-refractivity contribution is 7.80. The van der Waals surface area contributed by atoms with Gasteiger partial charge in [0.1, 0.15) is 4.88 Å². The molecule has 3 aromatic rings. The van der Waals surface area contributed by atoms with E-state index in [2.05, 4.69) is 16.0 Å². The zero-order chi connectivity index (χ0) is 21.5. The third-order valence-electron chi connectivity index (χ3n) is 4.18. The molecule has 0 aliphatic heterocycles. The molecule has 3 N–H and O–H groups in total. The summed E-state index contributed by atoms with van der Waals surface area (Å²) in [7, 11) is 1.62. The summed E-state index contributed by atoms with van der Waals surface area (Å²) < 4.78 is 5.88. The lowest BCUT2D eigenvalue weighted by Crippen LogP contribution is -2.33. The smallest absolute Gasteiger partial charge is 0.269 e. The summed E-state index contributed by atoms with van der Waals surface area (Å²) in [5.74, 6) is -0.529. The Morgan fingerprint density at radius 1 is 1.10 bits per heavy atom. The SMILES string of the molecule is COCCCNC(=O)c1ccc(NC(=S)NC(=O)c2sc3ccccc3c2Cl)cc1. The van der Waals surface area contributed by atoms with Crippen LogP contribution in [0.4, 0.5) is 5.69 Å². The topological polar surface area (TPSA) is 79.5 Å². The Hall–Kier alpha value is -2.52. The van der Waals surface area contributed by atoms with Gasteiger partial charge in [-0.25, -0.2) is 0 Å². The standard InChI is InChI=1S/C21H20ClN3O3S2/c1-28-12-4-11-23-19(26)13-7-9-14(10-8-13)24-21(29)25-20(27)18-17(22)15-5-2-3-6-16(15)30-18/h2-3,5-10H,4,11-12H2,1H3,(H,23,26)(H2,24,25,27,29). The Labute approximate surface area is 188 Å². The normalized spacial score (nSPS) is 10.6. The number of methoxy groups -OCH3 is 1. The minimum atomic E-state index is -0.370. The number of halogens is 1. The molecule has 30 heavy (non-hydrogen) atoms. The van der Waals surface area contributed by atoms with Crippen molar-refractivity contribution in [2.75, 3.05) is 25.6 Å². The van der Waals surface area contributed by atoms with Crippen LogP contribution in [0.15, 0.2) is 48.5 Å². The minimum Gasteiger partial charge on any atom is -0.385 e. The summed E-state index contributed by atoms with van der Waals surface area (Å²) in [6.07, 6.45) is 0.750. The number of ether oxygens (including phenoxy) is 1. The number of nitrogens with one attached hydrogen (secondary N) is 3. The van der Waals surface area contributed by atoms with Crippen molar-refractivity contribution < 1.29 is 14.3 Å². The number of carbonyl (C=O) groups is 2. The van der Waals surface area contributed by atoms with Gasteiger partial charge in [-0.1, -0.05) is 29.8 Å². The number of amides is 2. The Bertz CT molecular complexity index is 1070. The Balaban J connectivity index is 1.56. The van der Waals surface area contributed by atoms with Gasteiger partial charge in [0.15, 0.2) is 5.11 Å². The molecule has 1 heterocycles. The van der Waals surface area contributed by atoms with E-state index < -0.39 is 0 Å². The molecule has 0 spiro atoms. The second-order valence-electron chi connectivity index (χ2n) is 6.33. The third kappa shape index (κ3) is 5.54. The van der Waals surface area contributed by atoms with Crippen LogP contribution in [-0.4, -0.2) is 37.2 Å². The number of hydrogen-bond donors (Lipinski definition) is 3. The number of benzene rings is 2. The number of anilines is 1. The van der Waals surface area contributed by atoms with E-state index in [1.807, 2.05) is 24.3 Å². The first-order chi connectivity index (χ1) is 14.5. The first kappa shape index (κ1) is 22.2. The Kier molecular flexibility index (Phi) is 7.75. The van der Waals surface area contributed by atoms with E-state index in [-0.39, 0.29) is 16.9 Å². The van der Waals surface area contributed by atoms with E-state index in [9.17, 15) is 9.59 Å². The second-order valence-corrected chi connectivity index (χ2v) is 8.17. The van der Waals surface area contributed by atoms with Gasteiger partial charge in [0, 0.05) is 41.6 Å². The molecule has 0 aliphatic rings. The largest absolute Gasteiger partial charge is 0.385 e. The van der Waals surface area contributed by atoms with Crippen LogP contribution < -0.4 is 16.0 Å². The van der Waals surface area contributed by atoms with E-state index in [1.54, 1.807) is 31.4 Å². The maximum absolute atomic E-state index is 12.6. The van der Waals surface area contributed by atoms with Crippen molar-refractivity contribution in [3.63, 3.8) is 0 Å². The first-order valence-electron chi connectivity index (χ1n) is 9.16. The molecule has 6 nitrogen and oxygen atoms in total. The van der Waals surface area contributed by atoms with Crippen LogP contribution in [0, 0.1) is 0 Å². The maximum Gasteiger partial charge on any atom is 0.269 e. The molecule has 0 radical (unpaired) electrons. The molecule has 156 valence electrons. The molecule has 2 amide bonds. The van der Waals surface area contributed by atoms with Gasteiger partial charge >= 0.3 is 0 Å². The number of thiophene rings is 1. The van der Waals surface area contributed by atoms with Gasteiger partial charge in [0.2, 0.25) is 0 Å². The molecule has 0 atom stereocenters. The molecule has 3 rings (SSSR count). The van der Waals surface area contributed by atoms with E-state index in [1.165, 1.54) is 11.3 Å². The number of rotatable bonds is 7. The van der Waals surface area contributed by atoms with Crippen LogP contribution in [-0.2, 0) is 4.74 Å². The molecular formula is C21H20ClN3O3S2. The molecule has 1 aromatic heterocycles. The van der Waals surface area contributed by atoms with Crippen molar-refractivity contribution in [3.8, 4) is 0 Å². The fraction of sp³-hybridized carbons (Fsp3) is 0.190. The second kappa shape index (κ2) is 10.5. The Morgan fingerprint density at radius 3 is 2.53 bits per heavy atom. The van der Waals surface area contributed by atoms with Crippen LogP contribution in [0.3, 0.4) is 0 Å². The van der Waals surface area contributed by atoms with Crippen molar-refractivity contribution in [1.82, 2.24) is 10.6 Å². The number of thiocarbonyl (C=S) groups is 1. The fourth-order valence-electron chi connectivity index (χ4n) is 2.71. The molecule has 0 saturated heterocycles. The average Bonchev–Trinajstić information content (AvgIpc) is 3.08. The highest BCUT2D eigenvalue weighted by Crippen LogP contribution is 2.34. The van der Waals surface area contributed by atoms with E-state index in [4.69, 9.17) is 28.6 Å². The summed E-state index contributed by atoms with van der Waals surface area (Å²) in [5.41, 5.74) is 1.18. The highest BCUT2D eigenvalue weighted by Gasteiger charge is 2.18. The van der Waals surface area contributed by atoms with Gasteiger partial charge in [-0.15, -0.1) is 11.3 Å². The molecule has 0 bridgehead atoms. The van der Waals surface area contributed by atoms with Crippen molar-refractivity contribution in [2.24, 2.45) is 0 Å². The first-order valence-corrected chi connectivity index (χ1v) is 10.8. The molecule has 0 fully saturated rings.